The summed E-state index contributed by atoms with van der Waals surface area (Å²) < 4.78 is 5.44. The first-order chi connectivity index (χ1) is 9.33. The van der Waals surface area contributed by atoms with Gasteiger partial charge in [-0.15, -0.1) is 0 Å². The third kappa shape index (κ3) is 3.04. The van der Waals surface area contributed by atoms with Gasteiger partial charge in [0.2, 0.25) is 0 Å². The van der Waals surface area contributed by atoms with Gasteiger partial charge in [0.25, 0.3) is 0 Å². The van der Waals surface area contributed by atoms with Crippen LogP contribution in [-0.4, -0.2) is 43.5 Å². The van der Waals surface area contributed by atoms with Gasteiger partial charge in [-0.1, -0.05) is 24.3 Å². The number of hydrogen-bond acceptors (Lipinski definition) is 3. The zero-order chi connectivity index (χ0) is 13.1. The van der Waals surface area contributed by atoms with Crippen molar-refractivity contribution in [3.05, 3.63) is 35.4 Å². The van der Waals surface area contributed by atoms with Gasteiger partial charge in [-0.25, -0.2) is 0 Å². The maximum Gasteiger partial charge on any atom is 0.141 e. The minimum atomic E-state index is 0.0926. The number of ether oxygens (including phenoxy) is 1. The molecular formula is C16H21NO2. The molecule has 19 heavy (non-hydrogen) atoms. The summed E-state index contributed by atoms with van der Waals surface area (Å²) in [5, 5.41) is 0. The average molecular weight is 259 g/mol. The molecule has 3 nitrogen and oxygen atoms in total. The van der Waals surface area contributed by atoms with Gasteiger partial charge in [0.05, 0.1) is 19.1 Å². The monoisotopic (exact) mass is 259 g/mol. The van der Waals surface area contributed by atoms with Crippen molar-refractivity contribution in [2.75, 3.05) is 32.8 Å². The fourth-order valence-electron chi connectivity index (χ4n) is 3.06. The summed E-state index contributed by atoms with van der Waals surface area (Å²) in [5.74, 6) is 0.475. The number of fused-ring (bicyclic) bond motifs is 1. The number of hydrogen-bond donors (Lipinski definition) is 0. The molecule has 1 aromatic rings. The number of ketones is 1. The molecule has 0 N–H and O–H groups in total. The summed E-state index contributed by atoms with van der Waals surface area (Å²) in [7, 11) is 0. The molecule has 0 bridgehead atoms. The molecule has 3 heteroatoms. The van der Waals surface area contributed by atoms with E-state index in [1.807, 2.05) is 0 Å². The predicted molar refractivity (Wildman–Crippen MR) is 74.2 cm³/mol. The molecule has 1 atom stereocenters. The molecule has 2 aliphatic heterocycles. The van der Waals surface area contributed by atoms with Crippen LogP contribution in [0.2, 0.25) is 0 Å². The summed E-state index contributed by atoms with van der Waals surface area (Å²) >= 11 is 0. The van der Waals surface area contributed by atoms with Crippen LogP contribution < -0.4 is 0 Å². The quantitative estimate of drug-likeness (QED) is 0.809. The van der Waals surface area contributed by atoms with Crippen LogP contribution in [0, 0.1) is 5.92 Å². The predicted octanol–water partition coefficient (Wildman–Crippen LogP) is 1.69. The minimum Gasteiger partial charge on any atom is -0.380 e. The number of benzene rings is 1. The van der Waals surface area contributed by atoms with E-state index in [1.54, 1.807) is 0 Å². The maximum atomic E-state index is 11.9. The zero-order valence-electron chi connectivity index (χ0n) is 11.3. The standard InChI is InChI=1S/C16H21NO2/c18-16-7-10-19-12-15(16)11-17-8-5-13-3-1-2-4-14(13)6-9-17/h1-4,15H,5-12H2. The fraction of sp³-hybridized carbons (Fsp3) is 0.562. The Morgan fingerprint density at radius 2 is 1.79 bits per heavy atom. The van der Waals surface area contributed by atoms with Crippen LogP contribution in [0.1, 0.15) is 17.5 Å². The number of carbonyl (C=O) groups excluding carboxylic acids is 1. The second kappa shape index (κ2) is 5.85. The summed E-state index contributed by atoms with van der Waals surface area (Å²) in [6.07, 6.45) is 2.79. The first kappa shape index (κ1) is 12.8. The van der Waals surface area contributed by atoms with Crippen LogP contribution >= 0.6 is 0 Å². The molecule has 1 saturated heterocycles. The normalized spacial score (nSPS) is 24.8. The first-order valence-corrected chi connectivity index (χ1v) is 7.22. The van der Waals surface area contributed by atoms with Crippen molar-refractivity contribution < 1.29 is 9.53 Å². The number of nitrogens with zero attached hydrogens (tertiary/aromatic N) is 1. The molecule has 2 heterocycles. The van der Waals surface area contributed by atoms with Crippen LogP contribution in [0.15, 0.2) is 24.3 Å². The van der Waals surface area contributed by atoms with Crippen LogP contribution in [0.4, 0.5) is 0 Å². The Hall–Kier alpha value is -1.19. The Bertz CT molecular complexity index is 431. The average Bonchev–Trinajstić information content (AvgIpc) is 2.64. The van der Waals surface area contributed by atoms with Gasteiger partial charge >= 0.3 is 0 Å². The molecule has 1 aromatic carbocycles. The molecule has 102 valence electrons. The van der Waals surface area contributed by atoms with Crippen molar-refractivity contribution in [2.45, 2.75) is 19.3 Å². The van der Waals surface area contributed by atoms with Crippen molar-refractivity contribution in [3.8, 4) is 0 Å². The third-order valence-corrected chi connectivity index (χ3v) is 4.26. The molecule has 3 rings (SSSR count). The van der Waals surface area contributed by atoms with Crippen molar-refractivity contribution >= 4 is 5.78 Å². The second-order valence-corrected chi connectivity index (χ2v) is 5.56. The number of Topliss-reactive ketones (excluding diaryl/α,β-unsaturated/α-hetero) is 1. The molecule has 0 amide bonds. The van der Waals surface area contributed by atoms with E-state index in [0.29, 0.717) is 25.4 Å². The van der Waals surface area contributed by atoms with Gasteiger partial charge in [-0.05, 0) is 24.0 Å². The molecule has 1 unspecified atom stereocenters. The van der Waals surface area contributed by atoms with Crippen molar-refractivity contribution in [1.29, 1.82) is 0 Å². The smallest absolute Gasteiger partial charge is 0.141 e. The summed E-state index contributed by atoms with van der Waals surface area (Å²) in [4.78, 5) is 14.3. The van der Waals surface area contributed by atoms with Gasteiger partial charge in [0, 0.05) is 26.1 Å². The van der Waals surface area contributed by atoms with Crippen LogP contribution in [0.5, 0.6) is 0 Å². The molecule has 0 radical (unpaired) electrons. The van der Waals surface area contributed by atoms with Gasteiger partial charge in [-0.3, -0.25) is 4.79 Å². The highest BCUT2D eigenvalue weighted by atomic mass is 16.5. The molecule has 0 spiro atoms. The highest BCUT2D eigenvalue weighted by molar-refractivity contribution is 5.82. The lowest BCUT2D eigenvalue weighted by Gasteiger charge is -2.27. The van der Waals surface area contributed by atoms with E-state index in [1.165, 1.54) is 11.1 Å². The Balaban J connectivity index is 1.61. The fourth-order valence-corrected chi connectivity index (χ4v) is 3.06. The van der Waals surface area contributed by atoms with Crippen LogP contribution in [0.3, 0.4) is 0 Å². The highest BCUT2D eigenvalue weighted by Gasteiger charge is 2.25. The molecule has 0 aliphatic carbocycles. The number of carbonyl (C=O) groups is 1. The van der Waals surface area contributed by atoms with E-state index in [0.717, 1.165) is 32.5 Å². The van der Waals surface area contributed by atoms with Gasteiger partial charge < -0.3 is 9.64 Å². The SMILES string of the molecule is O=C1CCOCC1CN1CCc2ccccc2CC1. The van der Waals surface area contributed by atoms with Gasteiger partial charge in [0.15, 0.2) is 0 Å². The van der Waals surface area contributed by atoms with Crippen LogP contribution in [0.25, 0.3) is 0 Å². The Labute approximate surface area is 114 Å². The lowest BCUT2D eigenvalue weighted by molar-refractivity contribution is -0.131. The molecule has 2 aliphatic rings. The van der Waals surface area contributed by atoms with E-state index in [2.05, 4.69) is 29.2 Å². The van der Waals surface area contributed by atoms with Crippen molar-refractivity contribution in [2.24, 2.45) is 5.92 Å². The summed E-state index contributed by atoms with van der Waals surface area (Å²) in [6, 6.07) is 8.70. The van der Waals surface area contributed by atoms with E-state index < -0.39 is 0 Å². The topological polar surface area (TPSA) is 29.5 Å². The largest absolute Gasteiger partial charge is 0.380 e. The van der Waals surface area contributed by atoms with E-state index >= 15 is 0 Å². The molecular weight excluding hydrogens is 238 g/mol. The Morgan fingerprint density at radius 1 is 1.11 bits per heavy atom. The van der Waals surface area contributed by atoms with E-state index in [9.17, 15) is 4.79 Å². The van der Waals surface area contributed by atoms with Gasteiger partial charge in [0.1, 0.15) is 5.78 Å². The second-order valence-electron chi connectivity index (χ2n) is 5.56. The van der Waals surface area contributed by atoms with E-state index in [4.69, 9.17) is 4.74 Å². The first-order valence-electron chi connectivity index (χ1n) is 7.22. The molecule has 1 fully saturated rings. The van der Waals surface area contributed by atoms with Crippen LogP contribution in [-0.2, 0) is 22.4 Å². The summed E-state index contributed by atoms with van der Waals surface area (Å²) in [5.41, 5.74) is 2.94. The Kier molecular flexibility index (Phi) is 3.95. The van der Waals surface area contributed by atoms with Crippen molar-refractivity contribution in [3.63, 3.8) is 0 Å². The summed E-state index contributed by atoms with van der Waals surface area (Å²) in [6.45, 7) is 4.21. The Morgan fingerprint density at radius 3 is 2.42 bits per heavy atom. The van der Waals surface area contributed by atoms with Crippen molar-refractivity contribution in [1.82, 2.24) is 4.90 Å². The maximum absolute atomic E-state index is 11.9. The minimum absolute atomic E-state index is 0.0926. The van der Waals surface area contributed by atoms with E-state index in [-0.39, 0.29) is 5.92 Å². The number of rotatable bonds is 2. The lowest BCUT2D eigenvalue weighted by atomic mass is 10.00. The van der Waals surface area contributed by atoms with Gasteiger partial charge in [-0.2, -0.15) is 0 Å². The lowest BCUT2D eigenvalue weighted by Crippen LogP contribution is -2.39. The third-order valence-electron chi connectivity index (χ3n) is 4.26. The molecule has 0 saturated carbocycles. The highest BCUT2D eigenvalue weighted by Crippen LogP contribution is 2.18. The molecule has 0 aromatic heterocycles. The zero-order valence-corrected chi connectivity index (χ0v) is 11.3.